The van der Waals surface area contributed by atoms with Crippen molar-refractivity contribution in [2.75, 3.05) is 13.1 Å². The van der Waals surface area contributed by atoms with Gasteiger partial charge in [0.25, 0.3) is 0 Å². The zero-order chi connectivity index (χ0) is 13.4. The predicted molar refractivity (Wildman–Crippen MR) is 69.0 cm³/mol. The Labute approximate surface area is 110 Å². The molecule has 1 aromatic heterocycles. The van der Waals surface area contributed by atoms with E-state index in [-0.39, 0.29) is 5.82 Å². The molecule has 0 aliphatic carbocycles. The second kappa shape index (κ2) is 4.85. The molecule has 1 saturated heterocycles. The van der Waals surface area contributed by atoms with Crippen LogP contribution in [0.2, 0.25) is 0 Å². The number of halogens is 1. The molecule has 2 aromatic rings. The third kappa shape index (κ3) is 2.45. The number of likely N-dealkylation sites (tertiary alicyclic amines) is 1. The van der Waals surface area contributed by atoms with E-state index in [1.165, 1.54) is 12.1 Å². The van der Waals surface area contributed by atoms with Crippen molar-refractivity contribution in [2.45, 2.75) is 18.8 Å². The highest BCUT2D eigenvalue weighted by Gasteiger charge is 2.29. The van der Waals surface area contributed by atoms with Gasteiger partial charge in [0.2, 0.25) is 0 Å². The molecule has 0 saturated carbocycles. The Bertz CT molecular complexity index is 595. The second-order valence-corrected chi connectivity index (χ2v) is 4.97. The maximum absolute atomic E-state index is 13.6. The second-order valence-electron chi connectivity index (χ2n) is 4.97. The molecule has 19 heavy (non-hydrogen) atoms. The van der Waals surface area contributed by atoms with E-state index in [2.05, 4.69) is 4.98 Å². The van der Waals surface area contributed by atoms with Gasteiger partial charge in [-0.3, -0.25) is 9.88 Å². The molecule has 0 bridgehead atoms. The van der Waals surface area contributed by atoms with Gasteiger partial charge in [0.1, 0.15) is 5.82 Å². The fourth-order valence-corrected chi connectivity index (χ4v) is 2.57. The lowest BCUT2D eigenvalue weighted by Crippen LogP contribution is -2.22. The van der Waals surface area contributed by atoms with E-state index in [9.17, 15) is 14.6 Å². The van der Waals surface area contributed by atoms with Crippen LogP contribution in [0.4, 0.5) is 4.39 Å². The Balaban J connectivity index is 1.92. The van der Waals surface area contributed by atoms with Gasteiger partial charge in [0, 0.05) is 31.2 Å². The number of hydrogen-bond acceptors (Lipinski definition) is 4. The molecule has 3 rings (SSSR count). The summed E-state index contributed by atoms with van der Waals surface area (Å²) in [6.07, 6.45) is 0.220. The topological polar surface area (TPSA) is 56.6 Å². The normalized spacial score (nSPS) is 24.2. The maximum Gasteiger partial charge on any atom is 0.124 e. The number of hydrogen-bond donors (Lipinski definition) is 2. The largest absolute Gasteiger partial charge is 0.389 e. The standard InChI is InChI=1S/C14H15FN2O2/c15-11-4-9-2-1-3-16-14(9)10(5-11)6-17-7-12(18)13(19)8-17/h1-5,12-13,18-19H,6-8H2/t12-,13+. The van der Waals surface area contributed by atoms with Gasteiger partial charge in [0.15, 0.2) is 0 Å². The van der Waals surface area contributed by atoms with Crippen molar-refractivity contribution in [3.05, 3.63) is 41.8 Å². The van der Waals surface area contributed by atoms with Gasteiger partial charge in [-0.05, 0) is 23.8 Å². The number of aliphatic hydroxyl groups is 2. The van der Waals surface area contributed by atoms with Crippen molar-refractivity contribution < 1.29 is 14.6 Å². The van der Waals surface area contributed by atoms with E-state index < -0.39 is 12.2 Å². The van der Waals surface area contributed by atoms with Crippen LogP contribution in [0.15, 0.2) is 30.5 Å². The molecule has 1 fully saturated rings. The van der Waals surface area contributed by atoms with Crippen LogP contribution >= 0.6 is 0 Å². The first-order valence-electron chi connectivity index (χ1n) is 6.25. The zero-order valence-electron chi connectivity index (χ0n) is 10.3. The molecule has 0 radical (unpaired) electrons. The minimum atomic E-state index is -0.729. The third-order valence-corrected chi connectivity index (χ3v) is 3.48. The molecule has 4 nitrogen and oxygen atoms in total. The van der Waals surface area contributed by atoms with Crippen LogP contribution < -0.4 is 0 Å². The van der Waals surface area contributed by atoms with Crippen LogP contribution in [0.5, 0.6) is 0 Å². The molecule has 2 N–H and O–H groups in total. The monoisotopic (exact) mass is 262 g/mol. The van der Waals surface area contributed by atoms with Crippen LogP contribution in [-0.2, 0) is 6.54 Å². The van der Waals surface area contributed by atoms with E-state index >= 15 is 0 Å². The van der Waals surface area contributed by atoms with Crippen molar-refractivity contribution in [1.82, 2.24) is 9.88 Å². The summed E-state index contributed by atoms with van der Waals surface area (Å²) in [5.74, 6) is -0.296. The highest BCUT2D eigenvalue weighted by atomic mass is 19.1. The number of aliphatic hydroxyl groups excluding tert-OH is 2. The average Bonchev–Trinajstić information content (AvgIpc) is 2.68. The third-order valence-electron chi connectivity index (χ3n) is 3.48. The highest BCUT2D eigenvalue weighted by Crippen LogP contribution is 2.22. The van der Waals surface area contributed by atoms with Crippen LogP contribution in [0.25, 0.3) is 10.9 Å². The minimum Gasteiger partial charge on any atom is -0.389 e. The first-order valence-corrected chi connectivity index (χ1v) is 6.25. The van der Waals surface area contributed by atoms with Gasteiger partial charge >= 0.3 is 0 Å². The molecule has 1 aliphatic rings. The molecule has 2 atom stereocenters. The number of β-amino-alcohol motifs (C(OH)–C–C–N with tert-alkyl or cyclic N) is 2. The molecule has 5 heteroatoms. The van der Waals surface area contributed by atoms with Gasteiger partial charge < -0.3 is 10.2 Å². The number of aromatic nitrogens is 1. The molecule has 2 heterocycles. The predicted octanol–water partition coefficient (Wildman–Crippen LogP) is 0.911. The smallest absolute Gasteiger partial charge is 0.124 e. The van der Waals surface area contributed by atoms with E-state index in [0.717, 1.165) is 16.5 Å². The number of nitrogens with zero attached hydrogens (tertiary/aromatic N) is 2. The summed E-state index contributed by atoms with van der Waals surface area (Å²) in [5.41, 5.74) is 1.54. The van der Waals surface area contributed by atoms with Crippen molar-refractivity contribution in [3.63, 3.8) is 0 Å². The number of rotatable bonds is 2. The van der Waals surface area contributed by atoms with Crippen LogP contribution in [0, 0.1) is 5.82 Å². The molecule has 100 valence electrons. The average molecular weight is 262 g/mol. The Morgan fingerprint density at radius 2 is 2.00 bits per heavy atom. The Morgan fingerprint density at radius 1 is 1.26 bits per heavy atom. The quantitative estimate of drug-likeness (QED) is 0.844. The fourth-order valence-electron chi connectivity index (χ4n) is 2.57. The molecule has 0 amide bonds. The van der Waals surface area contributed by atoms with Crippen molar-refractivity contribution >= 4 is 10.9 Å². The zero-order valence-corrected chi connectivity index (χ0v) is 10.3. The van der Waals surface area contributed by atoms with Gasteiger partial charge in [-0.1, -0.05) is 6.07 Å². The van der Waals surface area contributed by atoms with E-state index in [1.807, 2.05) is 11.0 Å². The molecule has 0 unspecified atom stereocenters. The molecule has 1 aromatic carbocycles. The summed E-state index contributed by atoms with van der Waals surface area (Å²) >= 11 is 0. The summed E-state index contributed by atoms with van der Waals surface area (Å²) in [6.45, 7) is 1.26. The highest BCUT2D eigenvalue weighted by molar-refractivity contribution is 5.81. The molecule has 1 aliphatic heterocycles. The Morgan fingerprint density at radius 3 is 2.74 bits per heavy atom. The van der Waals surface area contributed by atoms with Gasteiger partial charge in [-0.15, -0.1) is 0 Å². The van der Waals surface area contributed by atoms with Crippen molar-refractivity contribution in [1.29, 1.82) is 0 Å². The molecule has 0 spiro atoms. The Kier molecular flexibility index (Phi) is 3.18. The SMILES string of the molecule is O[C@@H]1CN(Cc2cc(F)cc3cccnc23)C[C@@H]1O. The summed E-state index contributed by atoms with van der Waals surface area (Å²) in [6, 6.07) is 6.52. The fraction of sp³-hybridized carbons (Fsp3) is 0.357. The summed E-state index contributed by atoms with van der Waals surface area (Å²) < 4.78 is 13.6. The van der Waals surface area contributed by atoms with Gasteiger partial charge in [-0.2, -0.15) is 0 Å². The van der Waals surface area contributed by atoms with Crippen LogP contribution in [0.3, 0.4) is 0 Å². The minimum absolute atomic E-state index is 0.296. The van der Waals surface area contributed by atoms with E-state index in [1.54, 1.807) is 12.3 Å². The summed E-state index contributed by atoms with van der Waals surface area (Å²) in [7, 11) is 0. The van der Waals surface area contributed by atoms with Crippen LogP contribution in [-0.4, -0.2) is 45.4 Å². The first-order chi connectivity index (χ1) is 9.13. The lowest BCUT2D eigenvalue weighted by Gasteiger charge is -2.16. The van der Waals surface area contributed by atoms with E-state index in [4.69, 9.17) is 0 Å². The summed E-state index contributed by atoms with van der Waals surface area (Å²) in [5, 5.41) is 19.8. The first kappa shape index (κ1) is 12.5. The number of pyridine rings is 1. The van der Waals surface area contributed by atoms with Crippen molar-refractivity contribution in [2.24, 2.45) is 0 Å². The van der Waals surface area contributed by atoms with Gasteiger partial charge in [-0.25, -0.2) is 4.39 Å². The van der Waals surface area contributed by atoms with Gasteiger partial charge in [0.05, 0.1) is 17.7 Å². The maximum atomic E-state index is 13.6. The van der Waals surface area contributed by atoms with Crippen molar-refractivity contribution in [3.8, 4) is 0 Å². The lowest BCUT2D eigenvalue weighted by molar-refractivity contribution is 0.0572. The lowest BCUT2D eigenvalue weighted by atomic mass is 10.1. The number of fused-ring (bicyclic) bond motifs is 1. The summed E-state index contributed by atoms with van der Waals surface area (Å²) in [4.78, 5) is 6.19. The molecular weight excluding hydrogens is 247 g/mol. The Hall–Kier alpha value is -1.56. The van der Waals surface area contributed by atoms with Crippen LogP contribution in [0.1, 0.15) is 5.56 Å². The van der Waals surface area contributed by atoms with E-state index in [0.29, 0.717) is 19.6 Å². The number of benzene rings is 1. The molecular formula is C14H15FN2O2.